The Morgan fingerprint density at radius 2 is 1.21 bits per heavy atom. The maximum absolute atomic E-state index is 12.2. The Morgan fingerprint density at radius 1 is 0.681 bits per heavy atom. The van der Waals surface area contributed by atoms with Crippen molar-refractivity contribution in [3.63, 3.8) is 0 Å². The van der Waals surface area contributed by atoms with Crippen LogP contribution in [0.15, 0.2) is 48.6 Å². The average Bonchev–Trinajstić information content (AvgIpc) is 3.07. The minimum atomic E-state index is -1.76. The largest absolute Gasteiger partial charge is 0.394 e. The molecule has 2 aliphatic heterocycles. The molecule has 1 amide bonds. The molecule has 0 unspecified atom stereocenters. The summed E-state index contributed by atoms with van der Waals surface area (Å²) in [6, 6.07) is 0. The summed E-state index contributed by atoms with van der Waals surface area (Å²) in [4.78, 5) is 12.2. The van der Waals surface area contributed by atoms with Gasteiger partial charge in [-0.05, 0) is 44.9 Å². The van der Waals surface area contributed by atoms with E-state index in [9.17, 15) is 40.5 Å². The predicted molar refractivity (Wildman–Crippen MR) is 174 cm³/mol. The number of unbranched alkanes of at least 4 members (excludes halogenated alkanes) is 4. The smallest absolute Gasteiger partial charge is 0.220 e. The number of nitrogens with one attached hydrogen (secondary N) is 1. The van der Waals surface area contributed by atoms with E-state index in [4.69, 9.17) is 18.9 Å². The summed E-state index contributed by atoms with van der Waals surface area (Å²) in [5.41, 5.74) is 0. The van der Waals surface area contributed by atoms with Crippen molar-refractivity contribution in [2.24, 2.45) is 0 Å². The van der Waals surface area contributed by atoms with Gasteiger partial charge in [-0.25, -0.2) is 0 Å². The lowest BCUT2D eigenvalue weighted by atomic mass is 9.97. The highest BCUT2D eigenvalue weighted by Crippen LogP contribution is 2.29. The maximum Gasteiger partial charge on any atom is 0.220 e. The molecule has 0 aromatic heterocycles. The van der Waals surface area contributed by atoms with Gasteiger partial charge in [-0.15, -0.1) is 0 Å². The number of aliphatic hydroxyl groups is 7. The molecule has 13 heteroatoms. The van der Waals surface area contributed by atoms with Crippen LogP contribution in [-0.2, 0) is 23.7 Å². The quantitative estimate of drug-likeness (QED) is 0.0597. The van der Waals surface area contributed by atoms with Crippen LogP contribution in [0.5, 0.6) is 0 Å². The number of carbonyl (C=O) groups is 1. The van der Waals surface area contributed by atoms with Crippen LogP contribution in [-0.4, -0.2) is 129 Å². The number of ether oxygens (including phenoxy) is 4. The first-order valence-corrected chi connectivity index (χ1v) is 16.8. The minimum Gasteiger partial charge on any atom is -0.394 e. The van der Waals surface area contributed by atoms with Gasteiger partial charge in [0, 0.05) is 13.0 Å². The third-order valence-corrected chi connectivity index (χ3v) is 7.90. The zero-order valence-electron chi connectivity index (χ0n) is 27.5. The summed E-state index contributed by atoms with van der Waals surface area (Å²) in [5.74, 6) is -0.174. The number of carbonyl (C=O) groups excluding carboxylic acids is 1. The van der Waals surface area contributed by atoms with Crippen molar-refractivity contribution < 1.29 is 59.5 Å². The second kappa shape index (κ2) is 24.2. The Labute approximate surface area is 278 Å². The van der Waals surface area contributed by atoms with Gasteiger partial charge in [-0.2, -0.15) is 0 Å². The van der Waals surface area contributed by atoms with Gasteiger partial charge in [0.2, 0.25) is 5.91 Å². The Balaban J connectivity index is 1.66. The van der Waals surface area contributed by atoms with Crippen LogP contribution in [0, 0.1) is 0 Å². The molecular formula is C34H57NO12. The first kappa shape index (κ1) is 41.2. The van der Waals surface area contributed by atoms with Crippen molar-refractivity contribution in [2.45, 2.75) is 133 Å². The highest BCUT2D eigenvalue weighted by atomic mass is 16.8. The number of hydrogen-bond acceptors (Lipinski definition) is 12. The van der Waals surface area contributed by atoms with E-state index in [2.05, 4.69) is 54.8 Å². The van der Waals surface area contributed by atoms with E-state index < -0.39 is 74.6 Å². The molecule has 0 aromatic rings. The first-order valence-electron chi connectivity index (χ1n) is 16.8. The number of allylic oxidation sites excluding steroid dienone is 8. The maximum atomic E-state index is 12.2. The van der Waals surface area contributed by atoms with E-state index in [0.29, 0.717) is 12.8 Å². The molecule has 2 aliphatic rings. The van der Waals surface area contributed by atoms with Gasteiger partial charge in [-0.1, -0.05) is 68.4 Å². The van der Waals surface area contributed by atoms with Gasteiger partial charge in [0.25, 0.3) is 0 Å². The molecule has 47 heavy (non-hydrogen) atoms. The average molecular weight is 672 g/mol. The zero-order valence-corrected chi connectivity index (χ0v) is 27.5. The Kier molecular flexibility index (Phi) is 21.2. The molecule has 0 aliphatic carbocycles. The van der Waals surface area contributed by atoms with Crippen LogP contribution in [0.2, 0.25) is 0 Å². The predicted octanol–water partition coefficient (Wildman–Crippen LogP) is 0.889. The lowest BCUT2D eigenvalue weighted by Crippen LogP contribution is -2.64. The molecular weight excluding hydrogens is 614 g/mol. The second-order valence-corrected chi connectivity index (χ2v) is 11.7. The fourth-order valence-electron chi connectivity index (χ4n) is 5.07. The molecule has 270 valence electrons. The zero-order chi connectivity index (χ0) is 34.4. The highest BCUT2D eigenvalue weighted by molar-refractivity contribution is 5.75. The fourth-order valence-corrected chi connectivity index (χ4v) is 5.07. The van der Waals surface area contributed by atoms with Crippen LogP contribution < -0.4 is 5.32 Å². The van der Waals surface area contributed by atoms with E-state index in [-0.39, 0.29) is 19.1 Å². The van der Waals surface area contributed by atoms with Crippen LogP contribution in [0.3, 0.4) is 0 Å². The summed E-state index contributed by atoms with van der Waals surface area (Å²) >= 11 is 0. The SMILES string of the molecule is CCCCC/C=C\C/C=C\C/C=C\C/C=C\CCCC(=O)NCCO[C@@H]1O[C@H](CO)[C@@H](O)[C@H](O)[C@H]1O[C@@H]1O[C@H](CO)[C@@H](O)[C@H](O)[C@H]1O. The van der Waals surface area contributed by atoms with E-state index in [1.807, 2.05) is 6.08 Å². The van der Waals surface area contributed by atoms with Crippen LogP contribution in [0.25, 0.3) is 0 Å². The third-order valence-electron chi connectivity index (χ3n) is 7.90. The number of hydrogen-bond donors (Lipinski definition) is 8. The van der Waals surface area contributed by atoms with Crippen molar-refractivity contribution in [3.8, 4) is 0 Å². The van der Waals surface area contributed by atoms with Gasteiger partial charge < -0.3 is 60.0 Å². The molecule has 0 radical (unpaired) electrons. The molecule has 8 N–H and O–H groups in total. The van der Waals surface area contributed by atoms with E-state index in [1.165, 1.54) is 19.3 Å². The van der Waals surface area contributed by atoms with E-state index in [1.54, 1.807) is 0 Å². The van der Waals surface area contributed by atoms with Crippen molar-refractivity contribution in [1.82, 2.24) is 5.32 Å². The Bertz CT molecular complexity index is 957. The topological polar surface area (TPSA) is 208 Å². The van der Waals surface area contributed by atoms with Crippen molar-refractivity contribution >= 4 is 5.91 Å². The van der Waals surface area contributed by atoms with E-state index in [0.717, 1.165) is 32.1 Å². The summed E-state index contributed by atoms with van der Waals surface area (Å²) in [5, 5.41) is 73.0. The lowest BCUT2D eigenvalue weighted by molar-refractivity contribution is -0.367. The van der Waals surface area contributed by atoms with Crippen molar-refractivity contribution in [1.29, 1.82) is 0 Å². The first-order chi connectivity index (χ1) is 22.7. The summed E-state index contributed by atoms with van der Waals surface area (Å²) in [6.45, 7) is 0.901. The number of amides is 1. The summed E-state index contributed by atoms with van der Waals surface area (Å²) in [7, 11) is 0. The van der Waals surface area contributed by atoms with Gasteiger partial charge >= 0.3 is 0 Å². The van der Waals surface area contributed by atoms with Crippen molar-refractivity contribution in [3.05, 3.63) is 48.6 Å². The molecule has 10 atom stereocenters. The standard InChI is InChI=1S/C34H57NO12/c1-2-3-4-5-6-7-8-9-10-11-12-13-14-15-16-17-18-19-26(38)35-20-21-44-34-32(30(42)28(40)25(23-37)46-34)47-33-31(43)29(41)27(39)24(22-36)45-33/h6-7,9-10,12-13,15-16,24-25,27-34,36-37,39-43H,2-5,8,11,14,17-23H2,1H3,(H,35,38)/b7-6-,10-9-,13-12-,16-15-/t24-,25-,27-,28-,29+,30+,31-,32-,33+,34-/m1/s1. The Morgan fingerprint density at radius 3 is 1.79 bits per heavy atom. The number of aliphatic hydroxyl groups excluding tert-OH is 7. The highest BCUT2D eigenvalue weighted by Gasteiger charge is 2.50. The molecule has 2 fully saturated rings. The number of rotatable bonds is 22. The van der Waals surface area contributed by atoms with Gasteiger partial charge in [-0.3, -0.25) is 4.79 Å². The molecule has 2 saturated heterocycles. The van der Waals surface area contributed by atoms with Crippen LogP contribution >= 0.6 is 0 Å². The summed E-state index contributed by atoms with van der Waals surface area (Å²) in [6.07, 6.45) is 11.4. The molecule has 2 rings (SSSR count). The molecule has 0 aromatic carbocycles. The second-order valence-electron chi connectivity index (χ2n) is 11.7. The fraction of sp³-hybridized carbons (Fsp3) is 0.735. The summed E-state index contributed by atoms with van der Waals surface area (Å²) < 4.78 is 22.1. The lowest BCUT2D eigenvalue weighted by Gasteiger charge is -2.45. The molecule has 0 spiro atoms. The van der Waals surface area contributed by atoms with Crippen molar-refractivity contribution in [2.75, 3.05) is 26.4 Å². The molecule has 0 bridgehead atoms. The minimum absolute atomic E-state index is 0.0803. The monoisotopic (exact) mass is 671 g/mol. The Hall–Kier alpha value is -2.01. The van der Waals surface area contributed by atoms with Gasteiger partial charge in [0.05, 0.1) is 19.8 Å². The van der Waals surface area contributed by atoms with E-state index >= 15 is 0 Å². The van der Waals surface area contributed by atoms with Crippen LogP contribution in [0.1, 0.15) is 71.1 Å². The van der Waals surface area contributed by atoms with Gasteiger partial charge in [0.15, 0.2) is 12.6 Å². The normalized spacial score (nSPS) is 31.9. The third kappa shape index (κ3) is 15.0. The molecule has 0 saturated carbocycles. The van der Waals surface area contributed by atoms with Gasteiger partial charge in [0.1, 0.15) is 48.8 Å². The van der Waals surface area contributed by atoms with Crippen LogP contribution in [0.4, 0.5) is 0 Å². The molecule has 13 nitrogen and oxygen atoms in total. The molecule has 2 heterocycles.